The van der Waals surface area contributed by atoms with Crippen molar-refractivity contribution in [2.24, 2.45) is 0 Å². The molecule has 0 aliphatic heterocycles. The van der Waals surface area contributed by atoms with Crippen LogP contribution >= 0.6 is 0 Å². The maximum absolute atomic E-state index is 8.34. The summed E-state index contributed by atoms with van der Waals surface area (Å²) < 4.78 is 0. The number of likely N-dealkylation sites (N-methyl/N-ethyl adjacent to an activating group) is 1. The van der Waals surface area contributed by atoms with Gasteiger partial charge < -0.3 is 15.1 Å². The quantitative estimate of drug-likeness (QED) is 0.466. The van der Waals surface area contributed by atoms with Crippen LogP contribution in [0, 0.1) is 0 Å². The Kier molecular flexibility index (Phi) is 4.95. The van der Waals surface area contributed by atoms with E-state index in [-0.39, 0.29) is 13.2 Å². The first kappa shape index (κ1) is 7.88. The van der Waals surface area contributed by atoms with Gasteiger partial charge in [0.25, 0.3) is 0 Å². The monoisotopic (exact) mass is 123 g/mol. The third-order valence-corrected chi connectivity index (χ3v) is 0.963. The topological polar surface area (TPSA) is 43.7 Å². The van der Waals surface area contributed by atoms with Crippen molar-refractivity contribution in [2.45, 2.75) is 0 Å². The van der Waals surface area contributed by atoms with Crippen molar-refractivity contribution in [1.29, 1.82) is 0 Å². The van der Waals surface area contributed by atoms with Crippen LogP contribution in [0.2, 0.25) is 0 Å². The molecule has 0 spiro atoms. The molecule has 0 amide bonds. The lowest BCUT2D eigenvalue weighted by atomic mass is 11.2. The van der Waals surface area contributed by atoms with Gasteiger partial charge in [0.1, 0.15) is 0 Å². The second-order valence-electron chi connectivity index (χ2n) is 1.75. The van der Waals surface area contributed by atoms with Gasteiger partial charge in [-0.15, -0.1) is 0 Å². The van der Waals surface area contributed by atoms with Crippen LogP contribution in [0.15, 0.2) is 0 Å². The van der Waals surface area contributed by atoms with Gasteiger partial charge in [0, 0.05) is 13.1 Å². The Bertz CT molecular complexity index is 43.7. The first-order chi connectivity index (χ1) is 3.81. The predicted octanol–water partition coefficient (Wildman–Crippen LogP) is -1.10. The summed E-state index contributed by atoms with van der Waals surface area (Å²) in [6.07, 6.45) is 0. The molecule has 0 heterocycles. The molecular formula is C5H13NO2. The lowest BCUT2D eigenvalue weighted by Crippen LogP contribution is -2.25. The van der Waals surface area contributed by atoms with E-state index in [0.717, 1.165) is 0 Å². The number of hydrogen-bond donors (Lipinski definition) is 2. The van der Waals surface area contributed by atoms with Gasteiger partial charge in [-0.25, -0.2) is 0 Å². The highest BCUT2D eigenvalue weighted by Crippen LogP contribution is 1.76. The third kappa shape index (κ3) is 4.05. The summed E-state index contributed by atoms with van der Waals surface area (Å²) in [4.78, 5) is 1.86. The summed E-state index contributed by atoms with van der Waals surface area (Å²) in [6.45, 7) is 1.61. The predicted molar refractivity (Wildman–Crippen MR) is 31.7 cm³/mol. The average molecular weight is 123 g/mol. The summed E-state index contributed by atoms with van der Waals surface area (Å²) >= 11 is 0. The van der Waals surface area contributed by atoms with Crippen molar-refractivity contribution in [3.63, 3.8) is 0 Å². The van der Waals surface area contributed by atoms with Crippen molar-refractivity contribution in [3.05, 3.63) is 0 Å². The molecule has 2 N–H and O–H groups in total. The van der Waals surface area contributed by atoms with E-state index in [2.05, 4.69) is 0 Å². The van der Waals surface area contributed by atoms with Crippen LogP contribution < -0.4 is 0 Å². The number of hydrogen-bond acceptors (Lipinski definition) is 3. The Hall–Kier alpha value is -0.120. The molecule has 0 rings (SSSR count). The van der Waals surface area contributed by atoms with Crippen molar-refractivity contribution in [3.8, 4) is 0 Å². The average Bonchev–Trinajstić information content (AvgIpc) is 1.68. The van der Waals surface area contributed by atoms with E-state index in [1.807, 2.05) is 11.9 Å². The molecule has 0 aromatic rings. The standard InChI is InChI=1S/C5H13NO2/c1-6(2-4-7)3-5-8/h7-8H,2-5H2,1H3/i2+1,3+1,4+1,5+1. The van der Waals surface area contributed by atoms with Crippen LogP contribution in [0.4, 0.5) is 0 Å². The number of aliphatic hydroxyl groups excluding tert-OH is 2. The van der Waals surface area contributed by atoms with Crippen molar-refractivity contribution < 1.29 is 10.2 Å². The van der Waals surface area contributed by atoms with E-state index >= 15 is 0 Å². The smallest absolute Gasteiger partial charge is 0.0558 e. The lowest BCUT2D eigenvalue weighted by molar-refractivity contribution is 0.184. The van der Waals surface area contributed by atoms with Crippen LogP contribution in [0.1, 0.15) is 0 Å². The Morgan fingerprint density at radius 3 is 1.75 bits per heavy atom. The SMILES string of the molecule is CN([13CH2][13CH2]O)[13CH2][13CH2]O. The highest BCUT2D eigenvalue weighted by molar-refractivity contribution is 4.45. The van der Waals surface area contributed by atoms with Crippen LogP contribution in [0.5, 0.6) is 0 Å². The summed E-state index contributed by atoms with van der Waals surface area (Å²) in [7, 11) is 1.85. The van der Waals surface area contributed by atoms with Crippen molar-refractivity contribution in [2.75, 3.05) is 33.4 Å². The molecule has 50 valence electrons. The van der Waals surface area contributed by atoms with E-state index < -0.39 is 0 Å². The van der Waals surface area contributed by atoms with E-state index in [0.29, 0.717) is 13.1 Å². The number of aliphatic hydroxyl groups is 2. The molecule has 3 nitrogen and oxygen atoms in total. The summed E-state index contributed by atoms with van der Waals surface area (Å²) in [5.74, 6) is 0. The Balaban J connectivity index is 2.92. The summed E-state index contributed by atoms with van der Waals surface area (Å²) in [5.41, 5.74) is 0. The van der Waals surface area contributed by atoms with Gasteiger partial charge in [-0.05, 0) is 7.05 Å². The van der Waals surface area contributed by atoms with Gasteiger partial charge >= 0.3 is 0 Å². The maximum Gasteiger partial charge on any atom is 0.0558 e. The maximum atomic E-state index is 8.34. The molecule has 0 unspecified atom stereocenters. The number of nitrogens with zero attached hydrogens (tertiary/aromatic N) is 1. The van der Waals surface area contributed by atoms with Gasteiger partial charge in [-0.1, -0.05) is 0 Å². The van der Waals surface area contributed by atoms with Gasteiger partial charge in [0.15, 0.2) is 0 Å². The van der Waals surface area contributed by atoms with E-state index in [9.17, 15) is 0 Å². The Morgan fingerprint density at radius 2 is 1.50 bits per heavy atom. The zero-order chi connectivity index (χ0) is 6.41. The molecular weight excluding hydrogens is 110 g/mol. The third-order valence-electron chi connectivity index (χ3n) is 0.963. The molecule has 0 aliphatic carbocycles. The van der Waals surface area contributed by atoms with Gasteiger partial charge in [-0.2, -0.15) is 0 Å². The molecule has 0 aromatic heterocycles. The second-order valence-corrected chi connectivity index (χ2v) is 1.75. The largest absolute Gasteiger partial charge is 0.395 e. The summed E-state index contributed by atoms with van der Waals surface area (Å²) in [6, 6.07) is 0. The fourth-order valence-corrected chi connectivity index (χ4v) is 0.453. The molecule has 0 atom stereocenters. The van der Waals surface area contributed by atoms with Gasteiger partial charge in [0.2, 0.25) is 0 Å². The van der Waals surface area contributed by atoms with E-state index in [1.165, 1.54) is 0 Å². The van der Waals surface area contributed by atoms with Crippen LogP contribution in [-0.2, 0) is 0 Å². The normalized spacial score (nSPS) is 10.5. The molecule has 3 heteroatoms. The highest BCUT2D eigenvalue weighted by atomic mass is 16.3. The second kappa shape index (κ2) is 5.03. The molecule has 0 aliphatic rings. The zero-order valence-electron chi connectivity index (χ0n) is 5.17. The molecule has 0 saturated heterocycles. The Labute approximate surface area is 49.5 Å². The van der Waals surface area contributed by atoms with Crippen molar-refractivity contribution >= 4 is 0 Å². The molecule has 0 radical (unpaired) electrons. The minimum Gasteiger partial charge on any atom is -0.395 e. The molecule has 8 heavy (non-hydrogen) atoms. The molecule has 0 bridgehead atoms. The van der Waals surface area contributed by atoms with Crippen LogP contribution in [0.25, 0.3) is 0 Å². The molecule has 0 saturated carbocycles. The van der Waals surface area contributed by atoms with Gasteiger partial charge in [-0.3, -0.25) is 0 Å². The minimum atomic E-state index is 0.163. The van der Waals surface area contributed by atoms with E-state index in [4.69, 9.17) is 10.2 Å². The first-order valence-electron chi connectivity index (χ1n) is 2.71. The van der Waals surface area contributed by atoms with E-state index in [1.54, 1.807) is 0 Å². The van der Waals surface area contributed by atoms with Crippen molar-refractivity contribution in [1.82, 2.24) is 4.90 Å². The fourth-order valence-electron chi connectivity index (χ4n) is 0.453. The fraction of sp³-hybridized carbons (Fsp3) is 1.00. The lowest BCUT2D eigenvalue weighted by Gasteiger charge is -2.11. The zero-order valence-corrected chi connectivity index (χ0v) is 5.17. The summed E-state index contributed by atoms with van der Waals surface area (Å²) in [5, 5.41) is 16.7. The first-order valence-corrected chi connectivity index (χ1v) is 2.71. The molecule has 0 aromatic carbocycles. The van der Waals surface area contributed by atoms with Crippen LogP contribution in [-0.4, -0.2) is 48.5 Å². The molecule has 0 fully saturated rings. The number of rotatable bonds is 4. The Morgan fingerprint density at radius 1 is 1.12 bits per heavy atom. The van der Waals surface area contributed by atoms with Gasteiger partial charge in [0.05, 0.1) is 13.2 Å². The highest BCUT2D eigenvalue weighted by Gasteiger charge is 1.91. The minimum absolute atomic E-state index is 0.163. The van der Waals surface area contributed by atoms with Crippen LogP contribution in [0.3, 0.4) is 0 Å².